The van der Waals surface area contributed by atoms with E-state index in [9.17, 15) is 4.79 Å². The normalized spacial score (nSPS) is 17.3. The number of aryl methyl sites for hydroxylation is 1. The third kappa shape index (κ3) is 5.02. The van der Waals surface area contributed by atoms with Gasteiger partial charge in [0, 0.05) is 38.0 Å². The number of benzene rings is 2. The Morgan fingerprint density at radius 2 is 1.84 bits per heavy atom. The van der Waals surface area contributed by atoms with Crippen molar-refractivity contribution in [2.75, 3.05) is 26.7 Å². The summed E-state index contributed by atoms with van der Waals surface area (Å²) in [4.78, 5) is 21.8. The maximum Gasteiger partial charge on any atom is 0.227 e. The van der Waals surface area contributed by atoms with Crippen LogP contribution in [-0.2, 0) is 11.2 Å². The van der Waals surface area contributed by atoms with E-state index in [1.165, 1.54) is 11.1 Å². The zero-order chi connectivity index (χ0) is 21.8. The predicted octanol–water partition coefficient (Wildman–Crippen LogP) is 4.31. The molecular weight excluding hydrogens is 388 g/mol. The lowest BCUT2D eigenvalue weighted by molar-refractivity contribution is -0.136. The highest BCUT2D eigenvalue weighted by Crippen LogP contribution is 2.26. The molecule has 0 aliphatic carbocycles. The Kier molecular flexibility index (Phi) is 6.47. The molecule has 2 aromatic carbocycles. The highest BCUT2D eigenvalue weighted by Gasteiger charge is 2.30. The van der Waals surface area contributed by atoms with Gasteiger partial charge >= 0.3 is 0 Å². The van der Waals surface area contributed by atoms with Gasteiger partial charge in [-0.15, -0.1) is 0 Å². The monoisotopic (exact) mass is 418 g/mol. The Morgan fingerprint density at radius 1 is 1.10 bits per heavy atom. The Morgan fingerprint density at radius 3 is 2.55 bits per heavy atom. The number of piperazine rings is 1. The summed E-state index contributed by atoms with van der Waals surface area (Å²) >= 11 is 0. The Balaban J connectivity index is 1.40. The standard InChI is InChI=1S/C25H30N4O2/c1-18(2)19-9-11-21(12-10-19)25-26-23(31-27-25)13-14-24(30)29-16-15-28(3)17-22(29)20-7-5-4-6-8-20/h4-12,18,22H,13-17H2,1-3H3. The van der Waals surface area contributed by atoms with Crippen LogP contribution in [0.3, 0.4) is 0 Å². The first-order chi connectivity index (χ1) is 15.0. The molecule has 0 spiro atoms. The molecule has 31 heavy (non-hydrogen) atoms. The number of carbonyl (C=O) groups excluding carboxylic acids is 1. The summed E-state index contributed by atoms with van der Waals surface area (Å²) in [6.45, 7) is 6.79. The quantitative estimate of drug-likeness (QED) is 0.597. The lowest BCUT2D eigenvalue weighted by Gasteiger charge is -2.40. The molecule has 6 nitrogen and oxygen atoms in total. The maximum absolute atomic E-state index is 13.1. The molecule has 1 amide bonds. The van der Waals surface area contributed by atoms with Gasteiger partial charge < -0.3 is 14.3 Å². The molecule has 0 radical (unpaired) electrons. The molecule has 0 saturated carbocycles. The molecule has 6 heteroatoms. The van der Waals surface area contributed by atoms with Crippen molar-refractivity contribution in [3.63, 3.8) is 0 Å². The third-order valence-corrected chi connectivity index (χ3v) is 5.94. The van der Waals surface area contributed by atoms with E-state index in [-0.39, 0.29) is 11.9 Å². The summed E-state index contributed by atoms with van der Waals surface area (Å²) in [5, 5.41) is 4.11. The van der Waals surface area contributed by atoms with Crippen LogP contribution in [0.4, 0.5) is 0 Å². The lowest BCUT2D eigenvalue weighted by atomic mass is 10.0. The molecule has 3 aromatic rings. The maximum atomic E-state index is 13.1. The van der Waals surface area contributed by atoms with Gasteiger partial charge in [0.2, 0.25) is 17.6 Å². The largest absolute Gasteiger partial charge is 0.339 e. The first-order valence-electron chi connectivity index (χ1n) is 11.0. The van der Waals surface area contributed by atoms with Crippen LogP contribution in [0, 0.1) is 0 Å². The zero-order valence-electron chi connectivity index (χ0n) is 18.5. The fourth-order valence-corrected chi connectivity index (χ4v) is 4.03. The van der Waals surface area contributed by atoms with Crippen molar-refractivity contribution in [3.05, 3.63) is 71.6 Å². The second kappa shape index (κ2) is 9.43. The third-order valence-electron chi connectivity index (χ3n) is 5.94. The van der Waals surface area contributed by atoms with Crippen molar-refractivity contribution < 1.29 is 9.32 Å². The molecule has 0 bridgehead atoms. The number of likely N-dealkylation sites (N-methyl/N-ethyl adjacent to an activating group) is 1. The van der Waals surface area contributed by atoms with Gasteiger partial charge in [-0.05, 0) is 24.1 Å². The van der Waals surface area contributed by atoms with Gasteiger partial charge in [0.25, 0.3) is 0 Å². The van der Waals surface area contributed by atoms with Crippen LogP contribution in [0.2, 0.25) is 0 Å². The highest BCUT2D eigenvalue weighted by atomic mass is 16.5. The highest BCUT2D eigenvalue weighted by molar-refractivity contribution is 5.77. The number of aromatic nitrogens is 2. The van der Waals surface area contributed by atoms with E-state index in [2.05, 4.69) is 60.2 Å². The van der Waals surface area contributed by atoms with Gasteiger partial charge in [-0.3, -0.25) is 4.79 Å². The van der Waals surface area contributed by atoms with Crippen LogP contribution >= 0.6 is 0 Å². The average molecular weight is 419 g/mol. The molecule has 4 rings (SSSR count). The summed E-state index contributed by atoms with van der Waals surface area (Å²) in [7, 11) is 2.10. The van der Waals surface area contributed by atoms with Crippen LogP contribution < -0.4 is 0 Å². The second-order valence-corrected chi connectivity index (χ2v) is 8.56. The van der Waals surface area contributed by atoms with E-state index in [1.54, 1.807) is 0 Å². The molecule has 1 atom stereocenters. The number of hydrogen-bond donors (Lipinski definition) is 0. The van der Waals surface area contributed by atoms with E-state index in [4.69, 9.17) is 4.52 Å². The van der Waals surface area contributed by atoms with Crippen molar-refractivity contribution in [2.45, 2.75) is 38.6 Å². The first kappa shape index (κ1) is 21.2. The molecule has 1 fully saturated rings. The molecule has 1 aromatic heterocycles. The summed E-state index contributed by atoms with van der Waals surface area (Å²) < 4.78 is 5.42. The fourth-order valence-electron chi connectivity index (χ4n) is 4.03. The zero-order valence-corrected chi connectivity index (χ0v) is 18.5. The van der Waals surface area contributed by atoms with Crippen molar-refractivity contribution in [2.24, 2.45) is 0 Å². The van der Waals surface area contributed by atoms with Crippen LogP contribution in [0.1, 0.15) is 49.2 Å². The number of rotatable bonds is 6. The van der Waals surface area contributed by atoms with Crippen molar-refractivity contribution in [3.8, 4) is 11.4 Å². The van der Waals surface area contributed by atoms with E-state index < -0.39 is 0 Å². The molecule has 162 valence electrons. The molecule has 1 aliphatic heterocycles. The summed E-state index contributed by atoms with van der Waals surface area (Å²) in [5.74, 6) is 1.68. The van der Waals surface area contributed by atoms with Gasteiger partial charge in [0.1, 0.15) is 0 Å². The Bertz CT molecular complexity index is 998. The molecular formula is C25H30N4O2. The molecule has 1 unspecified atom stereocenters. The lowest BCUT2D eigenvalue weighted by Crippen LogP contribution is -2.49. The summed E-state index contributed by atoms with van der Waals surface area (Å²) in [5.41, 5.74) is 3.37. The van der Waals surface area contributed by atoms with Crippen LogP contribution in [-0.4, -0.2) is 52.5 Å². The molecule has 1 saturated heterocycles. The smallest absolute Gasteiger partial charge is 0.227 e. The number of hydrogen-bond acceptors (Lipinski definition) is 5. The minimum Gasteiger partial charge on any atom is -0.339 e. The topological polar surface area (TPSA) is 62.5 Å². The van der Waals surface area contributed by atoms with Crippen LogP contribution in [0.15, 0.2) is 59.1 Å². The van der Waals surface area contributed by atoms with E-state index in [0.717, 1.165) is 25.2 Å². The van der Waals surface area contributed by atoms with E-state index in [0.29, 0.717) is 30.5 Å². The predicted molar refractivity (Wildman–Crippen MR) is 121 cm³/mol. The second-order valence-electron chi connectivity index (χ2n) is 8.56. The first-order valence-corrected chi connectivity index (χ1v) is 11.0. The van der Waals surface area contributed by atoms with Gasteiger partial charge in [-0.2, -0.15) is 4.98 Å². The van der Waals surface area contributed by atoms with E-state index >= 15 is 0 Å². The van der Waals surface area contributed by atoms with Crippen LogP contribution in [0.5, 0.6) is 0 Å². The number of carbonyl (C=O) groups is 1. The minimum atomic E-state index is 0.0742. The van der Waals surface area contributed by atoms with E-state index in [1.807, 2.05) is 35.2 Å². The van der Waals surface area contributed by atoms with Gasteiger partial charge in [0.05, 0.1) is 6.04 Å². The minimum absolute atomic E-state index is 0.0742. The van der Waals surface area contributed by atoms with Gasteiger partial charge in [0.15, 0.2) is 0 Å². The van der Waals surface area contributed by atoms with Crippen molar-refractivity contribution in [1.29, 1.82) is 0 Å². The van der Waals surface area contributed by atoms with Crippen molar-refractivity contribution >= 4 is 5.91 Å². The number of nitrogens with zero attached hydrogens (tertiary/aromatic N) is 4. The number of amides is 1. The SMILES string of the molecule is CC(C)c1ccc(-c2noc(CCC(=O)N3CCN(C)CC3c3ccccc3)n2)cc1. The van der Waals surface area contributed by atoms with Gasteiger partial charge in [-0.25, -0.2) is 0 Å². The van der Waals surface area contributed by atoms with Crippen molar-refractivity contribution in [1.82, 2.24) is 19.9 Å². The van der Waals surface area contributed by atoms with Crippen LogP contribution in [0.25, 0.3) is 11.4 Å². The summed E-state index contributed by atoms with van der Waals surface area (Å²) in [6, 6.07) is 18.6. The Labute approximate surface area is 183 Å². The average Bonchev–Trinajstić information content (AvgIpc) is 3.27. The van der Waals surface area contributed by atoms with Gasteiger partial charge in [-0.1, -0.05) is 73.6 Å². The molecule has 2 heterocycles. The summed E-state index contributed by atoms with van der Waals surface area (Å²) in [6.07, 6.45) is 0.810. The molecule has 0 N–H and O–H groups in total. The Hall–Kier alpha value is -2.99. The molecule has 1 aliphatic rings. The fraction of sp³-hybridized carbons (Fsp3) is 0.400.